The Morgan fingerprint density at radius 2 is 1.87 bits per heavy atom. The highest BCUT2D eigenvalue weighted by atomic mass is 16.6. The number of nitro benzene ring substituents is 1. The van der Waals surface area contributed by atoms with Gasteiger partial charge in [-0.05, 0) is 36.8 Å². The minimum absolute atomic E-state index is 0.0426. The highest BCUT2D eigenvalue weighted by Gasteiger charge is 2.24. The number of hydrogen-bond donors (Lipinski definition) is 0. The molecule has 1 amide bonds. The van der Waals surface area contributed by atoms with Gasteiger partial charge in [-0.2, -0.15) is 5.26 Å². The lowest BCUT2D eigenvalue weighted by Crippen LogP contribution is -2.49. The zero-order chi connectivity index (χ0) is 21.5. The van der Waals surface area contributed by atoms with E-state index in [9.17, 15) is 20.2 Å². The second-order valence-electron chi connectivity index (χ2n) is 7.08. The Morgan fingerprint density at radius 1 is 1.17 bits per heavy atom. The lowest BCUT2D eigenvalue weighted by Gasteiger charge is -2.36. The van der Waals surface area contributed by atoms with Crippen LogP contribution in [0.4, 0.5) is 11.4 Å². The van der Waals surface area contributed by atoms with Gasteiger partial charge < -0.3 is 14.5 Å². The third-order valence-electron chi connectivity index (χ3n) is 5.09. The third-order valence-corrected chi connectivity index (χ3v) is 5.09. The molecule has 1 aliphatic heterocycles. The molecule has 0 aromatic heterocycles. The second kappa shape index (κ2) is 9.74. The minimum Gasteiger partial charge on any atom is -0.494 e. The van der Waals surface area contributed by atoms with Gasteiger partial charge in [0.15, 0.2) is 0 Å². The first-order valence-corrected chi connectivity index (χ1v) is 9.99. The van der Waals surface area contributed by atoms with Crippen LogP contribution in [0.2, 0.25) is 0 Å². The molecule has 0 N–H and O–H groups in total. The lowest BCUT2D eigenvalue weighted by molar-refractivity contribution is -0.384. The van der Waals surface area contributed by atoms with Crippen molar-refractivity contribution in [1.82, 2.24) is 4.90 Å². The number of anilines is 1. The molecule has 1 heterocycles. The summed E-state index contributed by atoms with van der Waals surface area (Å²) in [6, 6.07) is 13.5. The van der Waals surface area contributed by atoms with Crippen LogP contribution in [0.5, 0.6) is 5.75 Å². The summed E-state index contributed by atoms with van der Waals surface area (Å²) in [6.45, 7) is 4.89. The lowest BCUT2D eigenvalue weighted by atomic mass is 10.1. The maximum absolute atomic E-state index is 12.8. The van der Waals surface area contributed by atoms with Gasteiger partial charge in [-0.25, -0.2) is 0 Å². The van der Waals surface area contributed by atoms with Gasteiger partial charge in [-0.3, -0.25) is 14.9 Å². The average molecular weight is 408 g/mol. The molecular weight excluding hydrogens is 384 g/mol. The fourth-order valence-electron chi connectivity index (χ4n) is 3.36. The molecule has 2 aromatic carbocycles. The number of piperazine rings is 1. The van der Waals surface area contributed by atoms with Crippen molar-refractivity contribution < 1.29 is 14.5 Å². The summed E-state index contributed by atoms with van der Waals surface area (Å²) in [5.74, 6) is 0.714. The van der Waals surface area contributed by atoms with Crippen molar-refractivity contribution in [3.8, 4) is 11.8 Å². The summed E-state index contributed by atoms with van der Waals surface area (Å²) >= 11 is 0. The molecule has 0 spiro atoms. The Balaban J connectivity index is 1.61. The van der Waals surface area contributed by atoms with E-state index < -0.39 is 4.92 Å². The summed E-state index contributed by atoms with van der Waals surface area (Å²) in [5.41, 5.74) is 1.43. The van der Waals surface area contributed by atoms with Crippen molar-refractivity contribution in [3.63, 3.8) is 0 Å². The fraction of sp³-hybridized carbons (Fsp3) is 0.364. The van der Waals surface area contributed by atoms with Crippen LogP contribution in [0.3, 0.4) is 0 Å². The molecule has 1 fully saturated rings. The molecule has 8 nitrogen and oxygen atoms in total. The van der Waals surface area contributed by atoms with E-state index in [2.05, 4.69) is 6.92 Å². The van der Waals surface area contributed by atoms with Gasteiger partial charge in [-0.1, -0.05) is 13.3 Å². The van der Waals surface area contributed by atoms with Gasteiger partial charge in [0.05, 0.1) is 22.8 Å². The first-order chi connectivity index (χ1) is 14.5. The Kier molecular flexibility index (Phi) is 6.86. The SMILES string of the molecule is CCCCOc1ccc(C(=O)N2CCN(c3ccc([N+](=O)[O-])cc3C#N)CC2)cc1. The van der Waals surface area contributed by atoms with E-state index in [0.29, 0.717) is 44.0 Å². The number of nitriles is 1. The maximum atomic E-state index is 12.8. The van der Waals surface area contributed by atoms with Crippen LogP contribution in [0.1, 0.15) is 35.7 Å². The normalized spacial score (nSPS) is 13.6. The quantitative estimate of drug-likeness (QED) is 0.394. The monoisotopic (exact) mass is 408 g/mol. The van der Waals surface area contributed by atoms with Crippen LogP contribution in [0, 0.1) is 21.4 Å². The van der Waals surface area contributed by atoms with Crippen LogP contribution in [-0.2, 0) is 0 Å². The number of nitro groups is 1. The molecule has 0 radical (unpaired) electrons. The van der Waals surface area contributed by atoms with Crippen molar-refractivity contribution in [3.05, 3.63) is 63.7 Å². The highest BCUT2D eigenvalue weighted by molar-refractivity contribution is 5.94. The number of carbonyl (C=O) groups excluding carboxylic acids is 1. The molecule has 0 saturated carbocycles. The topological polar surface area (TPSA) is 99.7 Å². The number of carbonyl (C=O) groups is 1. The molecule has 0 unspecified atom stereocenters. The number of amides is 1. The molecule has 8 heteroatoms. The van der Waals surface area contributed by atoms with E-state index in [1.165, 1.54) is 12.1 Å². The molecule has 1 saturated heterocycles. The van der Waals surface area contributed by atoms with E-state index in [4.69, 9.17) is 4.74 Å². The molecule has 3 rings (SSSR count). The van der Waals surface area contributed by atoms with Crippen molar-refractivity contribution in [2.45, 2.75) is 19.8 Å². The number of unbranched alkanes of at least 4 members (excludes halogenated alkanes) is 1. The summed E-state index contributed by atoms with van der Waals surface area (Å²) in [5, 5.41) is 20.3. The molecule has 30 heavy (non-hydrogen) atoms. The number of benzene rings is 2. The van der Waals surface area contributed by atoms with E-state index in [0.717, 1.165) is 18.6 Å². The average Bonchev–Trinajstić information content (AvgIpc) is 2.79. The van der Waals surface area contributed by atoms with Gasteiger partial charge in [0.2, 0.25) is 0 Å². The number of ether oxygens (including phenoxy) is 1. The predicted molar refractivity (Wildman–Crippen MR) is 113 cm³/mol. The summed E-state index contributed by atoms with van der Waals surface area (Å²) in [4.78, 5) is 27.0. The van der Waals surface area contributed by atoms with Gasteiger partial charge >= 0.3 is 0 Å². The van der Waals surface area contributed by atoms with Gasteiger partial charge in [0.1, 0.15) is 11.8 Å². The Hall–Kier alpha value is -3.60. The second-order valence-corrected chi connectivity index (χ2v) is 7.08. The zero-order valence-corrected chi connectivity index (χ0v) is 16.9. The maximum Gasteiger partial charge on any atom is 0.270 e. The van der Waals surface area contributed by atoms with Crippen LogP contribution in [-0.4, -0.2) is 48.5 Å². The largest absolute Gasteiger partial charge is 0.494 e. The van der Waals surface area contributed by atoms with Crippen LogP contribution >= 0.6 is 0 Å². The smallest absolute Gasteiger partial charge is 0.270 e. The van der Waals surface area contributed by atoms with Crippen LogP contribution in [0.25, 0.3) is 0 Å². The van der Waals surface area contributed by atoms with Crippen LogP contribution < -0.4 is 9.64 Å². The number of nitrogens with zero attached hydrogens (tertiary/aromatic N) is 4. The molecule has 0 aliphatic carbocycles. The summed E-state index contributed by atoms with van der Waals surface area (Å²) in [6.07, 6.45) is 2.06. The predicted octanol–water partition coefficient (Wildman–Crippen LogP) is 3.61. The van der Waals surface area contributed by atoms with Crippen molar-refractivity contribution in [1.29, 1.82) is 5.26 Å². The molecule has 1 aliphatic rings. The molecule has 156 valence electrons. The molecule has 2 aromatic rings. The molecule has 0 atom stereocenters. The van der Waals surface area contributed by atoms with Crippen molar-refractivity contribution in [2.75, 3.05) is 37.7 Å². The number of hydrogen-bond acceptors (Lipinski definition) is 6. The van der Waals surface area contributed by atoms with E-state index in [1.807, 2.05) is 23.1 Å². The van der Waals surface area contributed by atoms with E-state index in [1.54, 1.807) is 23.1 Å². The third kappa shape index (κ3) is 4.87. The zero-order valence-electron chi connectivity index (χ0n) is 16.9. The first kappa shape index (κ1) is 21.1. The molecule has 0 bridgehead atoms. The number of rotatable bonds is 7. The van der Waals surface area contributed by atoms with Gasteiger partial charge in [-0.15, -0.1) is 0 Å². The summed E-state index contributed by atoms with van der Waals surface area (Å²) < 4.78 is 5.63. The highest BCUT2D eigenvalue weighted by Crippen LogP contribution is 2.26. The summed E-state index contributed by atoms with van der Waals surface area (Å²) in [7, 11) is 0. The van der Waals surface area contributed by atoms with Crippen LogP contribution in [0.15, 0.2) is 42.5 Å². The van der Waals surface area contributed by atoms with Gasteiger partial charge in [0.25, 0.3) is 11.6 Å². The fourth-order valence-corrected chi connectivity index (χ4v) is 3.36. The minimum atomic E-state index is -0.513. The first-order valence-electron chi connectivity index (χ1n) is 9.99. The van der Waals surface area contributed by atoms with Gasteiger partial charge in [0, 0.05) is 43.9 Å². The van der Waals surface area contributed by atoms with Crippen molar-refractivity contribution >= 4 is 17.3 Å². The Morgan fingerprint density at radius 3 is 2.47 bits per heavy atom. The Labute approximate surface area is 175 Å². The number of non-ortho nitro benzene ring substituents is 1. The van der Waals surface area contributed by atoms with E-state index >= 15 is 0 Å². The molecular formula is C22H24N4O4. The Bertz CT molecular complexity index is 945. The standard InChI is InChI=1S/C22H24N4O4/c1-2-3-14-30-20-7-4-17(5-8-20)22(27)25-12-10-24(11-13-25)21-9-6-19(26(28)29)15-18(21)16-23/h4-9,15H,2-3,10-14H2,1H3. The van der Waals surface area contributed by atoms with Crippen molar-refractivity contribution in [2.24, 2.45) is 0 Å². The van der Waals surface area contributed by atoms with E-state index in [-0.39, 0.29) is 17.2 Å².